The topological polar surface area (TPSA) is 95.5 Å². The Labute approximate surface area is 110 Å². The van der Waals surface area contributed by atoms with Gasteiger partial charge in [-0.2, -0.15) is 0 Å². The number of anilines is 1. The third kappa shape index (κ3) is 5.20. The summed E-state index contributed by atoms with van der Waals surface area (Å²) in [6.45, 7) is 2.81. The Morgan fingerprint density at radius 3 is 2.26 bits per heavy atom. The lowest BCUT2D eigenvalue weighted by Crippen LogP contribution is -2.39. The fraction of sp³-hybridized carbons (Fsp3) is 0.308. The van der Waals surface area contributed by atoms with Crippen LogP contribution in [0.4, 0.5) is 5.69 Å². The molecule has 19 heavy (non-hydrogen) atoms. The molecule has 6 heteroatoms. The van der Waals surface area contributed by atoms with Gasteiger partial charge < -0.3 is 15.7 Å². The Bertz CT molecular complexity index is 482. The molecule has 0 saturated carbocycles. The van der Waals surface area contributed by atoms with Crippen LogP contribution in [0.2, 0.25) is 0 Å². The molecule has 0 bridgehead atoms. The second-order valence-electron chi connectivity index (χ2n) is 4.18. The molecule has 3 N–H and O–H groups in total. The van der Waals surface area contributed by atoms with E-state index in [9.17, 15) is 14.4 Å². The molecule has 0 aromatic heterocycles. The summed E-state index contributed by atoms with van der Waals surface area (Å²) in [4.78, 5) is 33.0. The monoisotopic (exact) mass is 264 g/mol. The maximum atomic E-state index is 11.5. The Balaban J connectivity index is 2.55. The largest absolute Gasteiger partial charge is 0.480 e. The number of amides is 2. The van der Waals surface area contributed by atoms with Crippen molar-refractivity contribution in [2.75, 3.05) is 5.32 Å². The Kier molecular flexibility index (Phi) is 5.05. The molecule has 2 amide bonds. The molecule has 102 valence electrons. The predicted molar refractivity (Wildman–Crippen MR) is 69.7 cm³/mol. The molecule has 1 rings (SSSR count). The van der Waals surface area contributed by atoms with E-state index in [1.54, 1.807) is 24.3 Å². The highest BCUT2D eigenvalue weighted by Crippen LogP contribution is 2.10. The zero-order chi connectivity index (χ0) is 14.4. The van der Waals surface area contributed by atoms with Gasteiger partial charge in [0, 0.05) is 12.6 Å². The number of nitrogens with one attached hydrogen (secondary N) is 2. The molecule has 0 aliphatic carbocycles. The zero-order valence-electron chi connectivity index (χ0n) is 10.8. The van der Waals surface area contributed by atoms with Crippen molar-refractivity contribution < 1.29 is 19.5 Å². The fourth-order valence-electron chi connectivity index (χ4n) is 1.45. The number of hydrogen-bond acceptors (Lipinski definition) is 3. The van der Waals surface area contributed by atoms with Gasteiger partial charge in [0.2, 0.25) is 11.8 Å². The lowest BCUT2D eigenvalue weighted by atomic mass is 10.1. The average molecular weight is 264 g/mol. The minimum absolute atomic E-state index is 0.0952. The number of carbonyl (C=O) groups is 3. The van der Waals surface area contributed by atoms with Gasteiger partial charge in [0.05, 0.1) is 6.42 Å². The quantitative estimate of drug-likeness (QED) is 0.732. The molecule has 1 atom stereocenters. The van der Waals surface area contributed by atoms with Crippen molar-refractivity contribution in [3.8, 4) is 0 Å². The normalized spacial score (nSPS) is 11.5. The van der Waals surface area contributed by atoms with E-state index in [-0.39, 0.29) is 18.2 Å². The van der Waals surface area contributed by atoms with Crippen molar-refractivity contribution in [2.24, 2.45) is 0 Å². The van der Waals surface area contributed by atoms with Crippen LogP contribution in [0.5, 0.6) is 0 Å². The molecule has 0 spiro atoms. The molecule has 0 radical (unpaired) electrons. The highest BCUT2D eigenvalue weighted by molar-refractivity contribution is 5.89. The molecule has 6 nitrogen and oxygen atoms in total. The lowest BCUT2D eigenvalue weighted by Gasteiger charge is -2.09. The molecular weight excluding hydrogens is 248 g/mol. The number of carbonyl (C=O) groups excluding carboxylic acids is 2. The second kappa shape index (κ2) is 6.53. The summed E-state index contributed by atoms with van der Waals surface area (Å²) in [7, 11) is 0. The van der Waals surface area contributed by atoms with Gasteiger partial charge in [-0.05, 0) is 24.6 Å². The Morgan fingerprint density at radius 2 is 1.79 bits per heavy atom. The van der Waals surface area contributed by atoms with Crippen molar-refractivity contribution in [3.05, 3.63) is 29.8 Å². The minimum atomic E-state index is -1.07. The highest BCUT2D eigenvalue weighted by atomic mass is 16.4. The first-order chi connectivity index (χ1) is 8.88. The summed E-state index contributed by atoms with van der Waals surface area (Å²) in [5.41, 5.74) is 1.39. The maximum absolute atomic E-state index is 11.5. The third-order valence-corrected chi connectivity index (χ3v) is 2.39. The van der Waals surface area contributed by atoms with E-state index < -0.39 is 12.0 Å². The minimum Gasteiger partial charge on any atom is -0.480 e. The van der Waals surface area contributed by atoms with Crippen LogP contribution in [0.1, 0.15) is 19.4 Å². The van der Waals surface area contributed by atoms with Crippen molar-refractivity contribution in [1.29, 1.82) is 0 Å². The Morgan fingerprint density at radius 1 is 1.21 bits per heavy atom. The highest BCUT2D eigenvalue weighted by Gasteiger charge is 2.13. The first-order valence-corrected chi connectivity index (χ1v) is 5.77. The SMILES string of the molecule is CC(=O)Nc1ccc(CC(=O)N[C@@H](C)C(=O)O)cc1. The molecule has 0 heterocycles. The van der Waals surface area contributed by atoms with E-state index >= 15 is 0 Å². The van der Waals surface area contributed by atoms with E-state index in [0.717, 1.165) is 5.56 Å². The first-order valence-electron chi connectivity index (χ1n) is 5.77. The van der Waals surface area contributed by atoms with Gasteiger partial charge in [-0.25, -0.2) is 0 Å². The number of carboxylic acids is 1. The first kappa shape index (κ1) is 14.7. The van der Waals surface area contributed by atoms with Gasteiger partial charge in [-0.1, -0.05) is 12.1 Å². The van der Waals surface area contributed by atoms with Crippen molar-refractivity contribution in [1.82, 2.24) is 5.32 Å². The van der Waals surface area contributed by atoms with Crippen LogP contribution in [-0.4, -0.2) is 28.9 Å². The molecule has 1 aromatic carbocycles. The molecule has 1 aromatic rings. The zero-order valence-corrected chi connectivity index (χ0v) is 10.8. The average Bonchev–Trinajstić information content (AvgIpc) is 2.30. The number of hydrogen-bond donors (Lipinski definition) is 3. The van der Waals surface area contributed by atoms with Gasteiger partial charge in [-0.15, -0.1) is 0 Å². The molecular formula is C13H16N2O4. The summed E-state index contributed by atoms with van der Waals surface area (Å²) in [5, 5.41) is 13.6. The molecule has 0 saturated heterocycles. The van der Waals surface area contributed by atoms with E-state index in [4.69, 9.17) is 5.11 Å². The van der Waals surface area contributed by atoms with Crippen LogP contribution in [0.15, 0.2) is 24.3 Å². The van der Waals surface area contributed by atoms with Crippen LogP contribution in [0.25, 0.3) is 0 Å². The van der Waals surface area contributed by atoms with Crippen LogP contribution < -0.4 is 10.6 Å². The number of benzene rings is 1. The van der Waals surface area contributed by atoms with Gasteiger partial charge >= 0.3 is 5.97 Å². The van der Waals surface area contributed by atoms with E-state index in [1.165, 1.54) is 13.8 Å². The van der Waals surface area contributed by atoms with Crippen LogP contribution in [-0.2, 0) is 20.8 Å². The van der Waals surface area contributed by atoms with Gasteiger partial charge in [0.25, 0.3) is 0 Å². The van der Waals surface area contributed by atoms with Gasteiger partial charge in [0.1, 0.15) is 6.04 Å². The molecule has 0 fully saturated rings. The van der Waals surface area contributed by atoms with Gasteiger partial charge in [-0.3, -0.25) is 14.4 Å². The summed E-state index contributed by atoms with van der Waals surface area (Å²) >= 11 is 0. The number of aliphatic carboxylic acids is 1. The Hall–Kier alpha value is -2.37. The summed E-state index contributed by atoms with van der Waals surface area (Å²) in [5.74, 6) is -1.60. The maximum Gasteiger partial charge on any atom is 0.325 e. The van der Waals surface area contributed by atoms with E-state index in [0.29, 0.717) is 5.69 Å². The van der Waals surface area contributed by atoms with Gasteiger partial charge in [0.15, 0.2) is 0 Å². The fourth-order valence-corrected chi connectivity index (χ4v) is 1.45. The predicted octanol–water partition coefficient (Wildman–Crippen LogP) is 0.777. The molecule has 0 unspecified atom stereocenters. The summed E-state index contributed by atoms with van der Waals surface area (Å²) < 4.78 is 0. The van der Waals surface area contributed by atoms with E-state index in [1.807, 2.05) is 0 Å². The summed E-state index contributed by atoms with van der Waals surface area (Å²) in [6, 6.07) is 5.87. The van der Waals surface area contributed by atoms with Crippen molar-refractivity contribution in [3.63, 3.8) is 0 Å². The van der Waals surface area contributed by atoms with Crippen LogP contribution in [0.3, 0.4) is 0 Å². The number of rotatable bonds is 5. The molecule has 0 aliphatic heterocycles. The standard InChI is InChI=1S/C13H16N2O4/c1-8(13(18)19)14-12(17)7-10-3-5-11(6-4-10)15-9(2)16/h3-6,8H,7H2,1-2H3,(H,14,17)(H,15,16)(H,18,19)/t8-/m0/s1. The smallest absolute Gasteiger partial charge is 0.325 e. The number of carboxylic acid groups (broad SMARTS) is 1. The second-order valence-corrected chi connectivity index (χ2v) is 4.18. The van der Waals surface area contributed by atoms with E-state index in [2.05, 4.69) is 10.6 Å². The van der Waals surface area contributed by atoms with Crippen LogP contribution >= 0.6 is 0 Å². The van der Waals surface area contributed by atoms with Crippen molar-refractivity contribution in [2.45, 2.75) is 26.3 Å². The van der Waals surface area contributed by atoms with Crippen molar-refractivity contribution >= 4 is 23.5 Å². The van der Waals surface area contributed by atoms with Crippen LogP contribution in [0, 0.1) is 0 Å². The summed E-state index contributed by atoms with van der Waals surface area (Å²) in [6.07, 6.45) is 0.0952. The molecule has 0 aliphatic rings. The third-order valence-electron chi connectivity index (χ3n) is 2.39. The lowest BCUT2D eigenvalue weighted by molar-refractivity contribution is -0.141.